The van der Waals surface area contributed by atoms with Gasteiger partial charge in [-0.3, -0.25) is 9.59 Å². The van der Waals surface area contributed by atoms with Crippen molar-refractivity contribution >= 4 is 17.5 Å². The van der Waals surface area contributed by atoms with Gasteiger partial charge in [0.05, 0.1) is 6.54 Å². The van der Waals surface area contributed by atoms with E-state index in [0.29, 0.717) is 25.3 Å². The predicted octanol–water partition coefficient (Wildman–Crippen LogP) is 2.03. The molecule has 3 rings (SSSR count). The van der Waals surface area contributed by atoms with Crippen molar-refractivity contribution in [1.29, 1.82) is 0 Å². The van der Waals surface area contributed by atoms with Gasteiger partial charge < -0.3 is 10.2 Å². The van der Waals surface area contributed by atoms with Crippen LogP contribution in [-0.4, -0.2) is 50.0 Å². The van der Waals surface area contributed by atoms with Gasteiger partial charge >= 0.3 is 0 Å². The number of hydrogen-bond acceptors (Lipinski definition) is 5. The van der Waals surface area contributed by atoms with Crippen LogP contribution in [0.1, 0.15) is 37.7 Å². The Balaban J connectivity index is 1.34. The van der Waals surface area contributed by atoms with Gasteiger partial charge in [-0.05, 0) is 60.2 Å². The number of carbonyl (C=O) groups excluding carboxylic acids is 2. The van der Waals surface area contributed by atoms with Crippen molar-refractivity contribution in [2.75, 3.05) is 18.4 Å². The highest BCUT2D eigenvalue weighted by Gasteiger charge is 2.23. The van der Waals surface area contributed by atoms with Crippen LogP contribution in [0.15, 0.2) is 30.6 Å². The summed E-state index contributed by atoms with van der Waals surface area (Å²) < 4.78 is 1.57. The molecule has 1 aliphatic heterocycles. The second kappa shape index (κ2) is 9.25. The zero-order valence-electron chi connectivity index (χ0n) is 15.7. The summed E-state index contributed by atoms with van der Waals surface area (Å²) in [6.07, 6.45) is 5.22. The molecular formula is C19H26N6O2. The maximum atomic E-state index is 12.3. The van der Waals surface area contributed by atoms with Crippen LogP contribution in [0.2, 0.25) is 0 Å². The van der Waals surface area contributed by atoms with Crippen LogP contribution in [-0.2, 0) is 16.1 Å². The third kappa shape index (κ3) is 5.87. The Morgan fingerprint density at radius 3 is 2.74 bits per heavy atom. The minimum Gasteiger partial charge on any atom is -0.343 e. The molecule has 27 heavy (non-hydrogen) atoms. The van der Waals surface area contributed by atoms with Gasteiger partial charge in [0.2, 0.25) is 11.8 Å². The molecule has 2 aromatic rings. The number of likely N-dealkylation sites (tertiary alicyclic amines) is 1. The van der Waals surface area contributed by atoms with E-state index >= 15 is 0 Å². The minimum atomic E-state index is 0.0561. The minimum absolute atomic E-state index is 0.0561. The summed E-state index contributed by atoms with van der Waals surface area (Å²) in [5, 5.41) is 13.9. The molecule has 0 bridgehead atoms. The van der Waals surface area contributed by atoms with Gasteiger partial charge in [0.1, 0.15) is 6.33 Å². The number of nitrogens with zero attached hydrogens (tertiary/aromatic N) is 5. The van der Waals surface area contributed by atoms with E-state index in [9.17, 15) is 9.59 Å². The van der Waals surface area contributed by atoms with E-state index < -0.39 is 0 Å². The van der Waals surface area contributed by atoms with E-state index in [0.717, 1.165) is 43.6 Å². The van der Waals surface area contributed by atoms with Gasteiger partial charge in [-0.15, -0.1) is 5.10 Å². The lowest BCUT2D eigenvalue weighted by Crippen LogP contribution is -2.39. The topological polar surface area (TPSA) is 93.0 Å². The van der Waals surface area contributed by atoms with Crippen molar-refractivity contribution in [2.45, 2.75) is 45.6 Å². The molecule has 1 saturated heterocycles. The fourth-order valence-corrected chi connectivity index (χ4v) is 3.40. The average Bonchev–Trinajstić information content (AvgIpc) is 3.18. The molecule has 2 heterocycles. The maximum absolute atomic E-state index is 12.3. The standard InChI is InChI=1S/C19H26N6O2/c1-15-3-2-4-17(13-15)21-18(26)6-5-16-7-10-24(11-8-16)19(27)9-12-25-14-20-22-23-25/h2-4,13-14,16H,5-12H2,1H3,(H,21,26). The van der Waals surface area contributed by atoms with Gasteiger partial charge in [0.25, 0.3) is 0 Å². The van der Waals surface area contributed by atoms with Crippen LogP contribution in [0, 0.1) is 12.8 Å². The van der Waals surface area contributed by atoms with Crippen molar-refractivity contribution in [3.63, 3.8) is 0 Å². The zero-order chi connectivity index (χ0) is 19.1. The highest BCUT2D eigenvalue weighted by Crippen LogP contribution is 2.23. The molecule has 0 atom stereocenters. The maximum Gasteiger partial charge on any atom is 0.224 e. The number of hydrogen-bond donors (Lipinski definition) is 1. The molecule has 144 valence electrons. The number of aromatic nitrogens is 4. The fraction of sp³-hybridized carbons (Fsp3) is 0.526. The molecule has 8 nitrogen and oxygen atoms in total. The summed E-state index contributed by atoms with van der Waals surface area (Å²) >= 11 is 0. The number of benzene rings is 1. The van der Waals surface area contributed by atoms with Crippen molar-refractivity contribution in [2.24, 2.45) is 5.92 Å². The van der Waals surface area contributed by atoms with Crippen LogP contribution in [0.5, 0.6) is 0 Å². The van der Waals surface area contributed by atoms with E-state index in [4.69, 9.17) is 0 Å². The normalized spacial score (nSPS) is 14.9. The number of piperidine rings is 1. The zero-order valence-corrected chi connectivity index (χ0v) is 15.7. The van der Waals surface area contributed by atoms with E-state index in [1.807, 2.05) is 36.1 Å². The summed E-state index contributed by atoms with van der Waals surface area (Å²) in [4.78, 5) is 26.3. The Morgan fingerprint density at radius 2 is 2.04 bits per heavy atom. The van der Waals surface area contributed by atoms with Crippen molar-refractivity contribution < 1.29 is 9.59 Å². The Labute approximate surface area is 158 Å². The third-order valence-electron chi connectivity index (χ3n) is 4.99. The Kier molecular flexibility index (Phi) is 6.51. The van der Waals surface area contributed by atoms with Crippen LogP contribution >= 0.6 is 0 Å². The van der Waals surface area contributed by atoms with Crippen LogP contribution in [0.3, 0.4) is 0 Å². The molecule has 0 unspecified atom stereocenters. The highest BCUT2D eigenvalue weighted by molar-refractivity contribution is 5.90. The molecule has 2 amide bonds. The largest absolute Gasteiger partial charge is 0.343 e. The highest BCUT2D eigenvalue weighted by atomic mass is 16.2. The first kappa shape index (κ1) is 19.0. The van der Waals surface area contributed by atoms with Crippen molar-refractivity contribution in [1.82, 2.24) is 25.1 Å². The van der Waals surface area contributed by atoms with Crippen LogP contribution < -0.4 is 5.32 Å². The molecule has 0 spiro atoms. The van der Waals surface area contributed by atoms with E-state index in [1.165, 1.54) is 6.33 Å². The predicted molar refractivity (Wildman–Crippen MR) is 101 cm³/mol. The smallest absolute Gasteiger partial charge is 0.224 e. The first-order chi connectivity index (χ1) is 13.1. The number of aryl methyl sites for hydroxylation is 2. The lowest BCUT2D eigenvalue weighted by Gasteiger charge is -2.32. The molecule has 1 N–H and O–H groups in total. The third-order valence-corrected chi connectivity index (χ3v) is 4.99. The van der Waals surface area contributed by atoms with Gasteiger partial charge in [0, 0.05) is 31.6 Å². The fourth-order valence-electron chi connectivity index (χ4n) is 3.40. The molecule has 1 fully saturated rings. The molecular weight excluding hydrogens is 344 g/mol. The molecule has 0 aliphatic carbocycles. The van der Waals surface area contributed by atoms with Crippen LogP contribution in [0.25, 0.3) is 0 Å². The monoisotopic (exact) mass is 370 g/mol. The lowest BCUT2D eigenvalue weighted by atomic mass is 9.92. The SMILES string of the molecule is Cc1cccc(NC(=O)CCC2CCN(C(=O)CCn3cnnn3)CC2)c1. The first-order valence-corrected chi connectivity index (χ1v) is 9.45. The summed E-state index contributed by atoms with van der Waals surface area (Å²) in [6, 6.07) is 7.83. The quantitative estimate of drug-likeness (QED) is 0.805. The number of amides is 2. The van der Waals surface area contributed by atoms with Crippen molar-refractivity contribution in [3.05, 3.63) is 36.2 Å². The molecule has 0 radical (unpaired) electrons. The summed E-state index contributed by atoms with van der Waals surface area (Å²) in [5.41, 5.74) is 1.98. The molecule has 1 aliphatic rings. The summed E-state index contributed by atoms with van der Waals surface area (Å²) in [6.45, 7) is 4.04. The van der Waals surface area contributed by atoms with Crippen LogP contribution in [0.4, 0.5) is 5.69 Å². The summed E-state index contributed by atoms with van der Waals surface area (Å²) in [7, 11) is 0. The Hall–Kier alpha value is -2.77. The lowest BCUT2D eigenvalue weighted by molar-refractivity contribution is -0.133. The number of tetrazole rings is 1. The van der Waals surface area contributed by atoms with Gasteiger partial charge in [-0.1, -0.05) is 12.1 Å². The molecule has 1 aromatic carbocycles. The number of carbonyl (C=O) groups is 2. The number of rotatable bonds is 7. The average molecular weight is 370 g/mol. The molecule has 8 heteroatoms. The van der Waals surface area contributed by atoms with Crippen molar-refractivity contribution in [3.8, 4) is 0 Å². The second-order valence-corrected chi connectivity index (χ2v) is 7.10. The Bertz CT molecular complexity index is 753. The summed E-state index contributed by atoms with van der Waals surface area (Å²) in [5.74, 6) is 0.693. The van der Waals surface area contributed by atoms with E-state index in [2.05, 4.69) is 20.8 Å². The number of anilines is 1. The number of nitrogens with one attached hydrogen (secondary N) is 1. The van der Waals surface area contributed by atoms with Gasteiger partial charge in [0.15, 0.2) is 0 Å². The molecule has 1 aromatic heterocycles. The molecule has 0 saturated carbocycles. The Morgan fingerprint density at radius 1 is 1.22 bits per heavy atom. The van der Waals surface area contributed by atoms with Gasteiger partial charge in [-0.25, -0.2) is 4.68 Å². The van der Waals surface area contributed by atoms with E-state index in [-0.39, 0.29) is 11.8 Å². The second-order valence-electron chi connectivity index (χ2n) is 7.10. The van der Waals surface area contributed by atoms with E-state index in [1.54, 1.807) is 4.68 Å². The van der Waals surface area contributed by atoms with Gasteiger partial charge in [-0.2, -0.15) is 0 Å². The first-order valence-electron chi connectivity index (χ1n) is 9.45.